The molecule has 0 fully saturated rings. The van der Waals surface area contributed by atoms with Crippen molar-refractivity contribution in [3.05, 3.63) is 77.4 Å². The Kier molecular flexibility index (Phi) is 7.50. The topological polar surface area (TPSA) is 85.9 Å². The van der Waals surface area contributed by atoms with Gasteiger partial charge >= 0.3 is 5.97 Å². The van der Waals surface area contributed by atoms with E-state index in [1.54, 1.807) is 61.7 Å². The van der Waals surface area contributed by atoms with Crippen LogP contribution in [0.2, 0.25) is 0 Å². The van der Waals surface area contributed by atoms with Gasteiger partial charge in [-0.3, -0.25) is 4.57 Å². The van der Waals surface area contributed by atoms with E-state index >= 15 is 4.39 Å². The summed E-state index contributed by atoms with van der Waals surface area (Å²) < 4.78 is 27.9. The quantitative estimate of drug-likeness (QED) is 0.204. The molecule has 0 spiro atoms. The zero-order chi connectivity index (χ0) is 24.9. The number of halogens is 1. The van der Waals surface area contributed by atoms with Gasteiger partial charge in [-0.2, -0.15) is 4.98 Å². The molecule has 0 saturated carbocycles. The van der Waals surface area contributed by atoms with Gasteiger partial charge in [0.1, 0.15) is 11.4 Å². The minimum Gasteiger partial charge on any atom is -0.465 e. The molecule has 34 heavy (non-hydrogen) atoms. The maximum absolute atomic E-state index is 15.3. The van der Waals surface area contributed by atoms with E-state index in [4.69, 9.17) is 14.7 Å². The average molecular weight is 466 g/mol. The predicted octanol–water partition coefficient (Wildman–Crippen LogP) is 5.54. The van der Waals surface area contributed by atoms with Gasteiger partial charge in [0, 0.05) is 5.56 Å². The first-order valence-corrected chi connectivity index (χ1v) is 10.8. The van der Waals surface area contributed by atoms with E-state index in [-0.39, 0.29) is 12.6 Å². The normalized spacial score (nSPS) is 11.6. The number of hydrogen-bond acceptors (Lipinski definition) is 6. The minimum atomic E-state index is -0.651. The van der Waals surface area contributed by atoms with Gasteiger partial charge < -0.3 is 14.7 Å². The van der Waals surface area contributed by atoms with Crippen molar-refractivity contribution >= 4 is 18.3 Å². The minimum absolute atomic E-state index is 0.0807. The summed E-state index contributed by atoms with van der Waals surface area (Å²) in [7, 11) is 0. The summed E-state index contributed by atoms with van der Waals surface area (Å²) >= 11 is 0. The van der Waals surface area contributed by atoms with E-state index in [1.807, 2.05) is 6.92 Å². The van der Waals surface area contributed by atoms with Gasteiger partial charge in [0.05, 0.1) is 36.3 Å². The molecule has 0 unspecified atom stereocenters. The number of hydrogen-bond donors (Lipinski definition) is 1. The van der Waals surface area contributed by atoms with Crippen LogP contribution in [0.25, 0.3) is 17.2 Å². The fourth-order valence-electron chi connectivity index (χ4n) is 3.45. The lowest BCUT2D eigenvalue weighted by molar-refractivity contribution is 0.00704. The Morgan fingerprint density at radius 2 is 2.00 bits per heavy atom. The van der Waals surface area contributed by atoms with Crippen LogP contribution in [-0.2, 0) is 11.3 Å². The third-order valence-electron chi connectivity index (χ3n) is 4.89. The van der Waals surface area contributed by atoms with Crippen molar-refractivity contribution in [2.75, 3.05) is 6.61 Å². The molecule has 0 aliphatic heterocycles. The molecule has 0 amide bonds. The molecular weight excluding hydrogens is 437 g/mol. The van der Waals surface area contributed by atoms with E-state index in [1.165, 1.54) is 18.4 Å². The molecule has 0 saturated heterocycles. The smallest absolute Gasteiger partial charge is 0.339 e. The average Bonchev–Trinajstić information content (AvgIpc) is 3.10. The summed E-state index contributed by atoms with van der Waals surface area (Å²) in [5.41, 5.74) is 2.06. The van der Waals surface area contributed by atoms with Gasteiger partial charge in [-0.15, -0.1) is 0 Å². The molecule has 3 rings (SSSR count). The highest BCUT2D eigenvalue weighted by Crippen LogP contribution is 2.28. The molecule has 178 valence electrons. The Morgan fingerprint density at radius 3 is 2.62 bits per heavy atom. The molecule has 0 atom stereocenters. The van der Waals surface area contributed by atoms with Crippen LogP contribution in [-0.4, -0.2) is 39.2 Å². The van der Waals surface area contributed by atoms with E-state index < -0.39 is 17.4 Å². The van der Waals surface area contributed by atoms with Crippen LogP contribution >= 0.6 is 0 Å². The molecule has 7 nitrogen and oxygen atoms in total. The molecule has 0 radical (unpaired) electrons. The zero-order valence-corrected chi connectivity index (χ0v) is 19.7. The second kappa shape index (κ2) is 10.3. The van der Waals surface area contributed by atoms with Gasteiger partial charge in [0.25, 0.3) is 6.01 Å². The van der Waals surface area contributed by atoms with Crippen molar-refractivity contribution in [1.82, 2.24) is 9.55 Å². The van der Waals surface area contributed by atoms with E-state index in [0.29, 0.717) is 40.2 Å². The Balaban J connectivity index is 1.99. The van der Waals surface area contributed by atoms with Gasteiger partial charge in [-0.1, -0.05) is 42.1 Å². The summed E-state index contributed by atoms with van der Waals surface area (Å²) in [5.74, 6) is -0.947. The van der Waals surface area contributed by atoms with Crippen LogP contribution in [0.1, 0.15) is 55.0 Å². The first-order valence-electron chi connectivity index (χ1n) is 10.8. The Bertz CT molecular complexity index is 1230. The van der Waals surface area contributed by atoms with Gasteiger partial charge in [-0.05, 0) is 57.0 Å². The van der Waals surface area contributed by atoms with Crippen molar-refractivity contribution < 1.29 is 23.9 Å². The molecule has 1 aromatic heterocycles. The third kappa shape index (κ3) is 5.51. The highest BCUT2D eigenvalue weighted by atomic mass is 19.1. The molecule has 8 heteroatoms. The van der Waals surface area contributed by atoms with E-state index in [9.17, 15) is 4.79 Å². The lowest BCUT2D eigenvalue weighted by atomic mass is 9.98. The first-order chi connectivity index (χ1) is 16.2. The van der Waals surface area contributed by atoms with Crippen LogP contribution in [0.4, 0.5) is 4.39 Å². The van der Waals surface area contributed by atoms with Crippen molar-refractivity contribution in [2.24, 2.45) is 5.16 Å². The molecular formula is C26H28FN3O4. The van der Waals surface area contributed by atoms with Crippen LogP contribution in [0.3, 0.4) is 0 Å². The summed E-state index contributed by atoms with van der Waals surface area (Å²) in [5, 5.41) is 12.2. The summed E-state index contributed by atoms with van der Waals surface area (Å²) in [4.78, 5) is 17.0. The molecule has 1 heterocycles. The number of esters is 1. The summed E-state index contributed by atoms with van der Waals surface area (Å²) in [6.07, 6.45) is 2.71. The number of rotatable bonds is 8. The van der Waals surface area contributed by atoms with Gasteiger partial charge in [-0.25, -0.2) is 9.18 Å². The fourth-order valence-corrected chi connectivity index (χ4v) is 3.45. The van der Waals surface area contributed by atoms with Crippen molar-refractivity contribution in [3.63, 3.8) is 0 Å². The number of imidazole rings is 1. The van der Waals surface area contributed by atoms with Crippen molar-refractivity contribution in [1.29, 1.82) is 0 Å². The standard InChI is InChI=1S/C26H28FN3O4/c1-6-22-23(15-28-32)30(25(29-22)33-7-2)16-18-13-12-17(14-21(18)27)19-10-8-9-11-20(19)24(31)34-26(3,4)5/h6,8-15,32H,1,7,16H2,2-5H3/b28-15-. The Hall–Kier alpha value is -3.94. The lowest BCUT2D eigenvalue weighted by Crippen LogP contribution is -2.24. The largest absolute Gasteiger partial charge is 0.465 e. The van der Waals surface area contributed by atoms with Crippen molar-refractivity contribution in [3.8, 4) is 17.1 Å². The number of benzene rings is 2. The van der Waals surface area contributed by atoms with E-state index in [0.717, 1.165) is 0 Å². The second-order valence-electron chi connectivity index (χ2n) is 8.49. The second-order valence-corrected chi connectivity index (χ2v) is 8.49. The van der Waals surface area contributed by atoms with E-state index in [2.05, 4.69) is 16.7 Å². The Morgan fingerprint density at radius 1 is 1.26 bits per heavy atom. The van der Waals surface area contributed by atoms with Crippen LogP contribution < -0.4 is 4.74 Å². The predicted molar refractivity (Wildman–Crippen MR) is 129 cm³/mol. The number of oxime groups is 1. The summed E-state index contributed by atoms with van der Waals surface area (Å²) in [6.45, 7) is 11.3. The molecule has 1 N–H and O–H groups in total. The van der Waals surface area contributed by atoms with Crippen LogP contribution in [0.15, 0.2) is 54.2 Å². The number of carbonyl (C=O) groups is 1. The highest BCUT2D eigenvalue weighted by Gasteiger charge is 2.22. The number of nitrogens with zero attached hydrogens (tertiary/aromatic N) is 3. The molecule has 3 aromatic rings. The van der Waals surface area contributed by atoms with Crippen molar-refractivity contribution in [2.45, 2.75) is 39.8 Å². The van der Waals surface area contributed by atoms with Gasteiger partial charge in [0.15, 0.2) is 0 Å². The first kappa shape index (κ1) is 24.7. The summed E-state index contributed by atoms with van der Waals surface area (Å²) in [6, 6.07) is 12.0. The number of aromatic nitrogens is 2. The van der Waals surface area contributed by atoms with Gasteiger partial charge in [0.2, 0.25) is 0 Å². The molecule has 0 bridgehead atoms. The molecule has 0 aliphatic rings. The maximum atomic E-state index is 15.3. The number of carbonyl (C=O) groups excluding carboxylic acids is 1. The fraction of sp³-hybridized carbons (Fsp3) is 0.269. The third-order valence-corrected chi connectivity index (χ3v) is 4.89. The molecule has 0 aliphatic carbocycles. The molecule has 2 aromatic carbocycles. The monoisotopic (exact) mass is 465 g/mol. The van der Waals surface area contributed by atoms with Crippen LogP contribution in [0.5, 0.6) is 6.01 Å². The SMILES string of the molecule is C=Cc1nc(OCC)n(Cc2ccc(-c3ccccc3C(=O)OC(C)(C)C)cc2F)c1/C=N\O. The Labute approximate surface area is 198 Å². The highest BCUT2D eigenvalue weighted by molar-refractivity contribution is 5.97. The maximum Gasteiger partial charge on any atom is 0.339 e. The van der Waals surface area contributed by atoms with Crippen LogP contribution in [0, 0.1) is 5.82 Å². The number of ether oxygens (including phenoxy) is 2. The lowest BCUT2D eigenvalue weighted by Gasteiger charge is -2.20. The zero-order valence-electron chi connectivity index (χ0n) is 19.7.